The average Bonchev–Trinajstić information content (AvgIpc) is 2.96. The van der Waals surface area contributed by atoms with E-state index in [1.807, 2.05) is 37.4 Å². The lowest BCUT2D eigenvalue weighted by Crippen LogP contribution is -2.29. The maximum atomic E-state index is 13.0. The SMILES string of the molecule is Cc1ccc(-n2cnc3c(c2=O)SC2=NC=CC(CN(C)C)C23)cc1. The van der Waals surface area contributed by atoms with Crippen molar-refractivity contribution in [3.8, 4) is 5.69 Å². The first-order valence-electron chi connectivity index (χ1n) is 8.30. The van der Waals surface area contributed by atoms with Crippen LogP contribution in [-0.2, 0) is 0 Å². The first-order valence-corrected chi connectivity index (χ1v) is 9.12. The molecule has 0 radical (unpaired) electrons. The van der Waals surface area contributed by atoms with Crippen molar-refractivity contribution in [2.45, 2.75) is 17.7 Å². The first kappa shape index (κ1) is 16.3. The van der Waals surface area contributed by atoms with E-state index in [2.05, 4.69) is 35.0 Å². The number of benzene rings is 1. The van der Waals surface area contributed by atoms with Crippen molar-refractivity contribution in [3.05, 3.63) is 64.5 Å². The summed E-state index contributed by atoms with van der Waals surface area (Å²) in [4.78, 5) is 25.1. The lowest BCUT2D eigenvalue weighted by Gasteiger charge is -2.25. The Bertz CT molecular complexity index is 927. The van der Waals surface area contributed by atoms with Gasteiger partial charge in [0.2, 0.25) is 0 Å². The largest absolute Gasteiger partial charge is 0.309 e. The number of hydrogen-bond acceptors (Lipinski definition) is 5. The standard InChI is InChI=1S/C19H20N4OS/c1-12-4-6-14(7-5-12)23-11-21-16-15-13(10-22(2)3)8-9-20-18(15)25-17(16)19(23)24/h4-9,11,13,15H,10H2,1-3H3. The maximum absolute atomic E-state index is 13.0. The molecule has 5 nitrogen and oxygen atoms in total. The second kappa shape index (κ2) is 6.28. The molecule has 3 heterocycles. The molecular formula is C19H20N4OS. The van der Waals surface area contributed by atoms with Crippen LogP contribution >= 0.6 is 11.8 Å². The summed E-state index contributed by atoms with van der Waals surface area (Å²) in [7, 11) is 4.12. The van der Waals surface area contributed by atoms with Crippen molar-refractivity contribution < 1.29 is 0 Å². The Kier molecular flexibility index (Phi) is 4.09. The number of nitrogens with zero attached hydrogens (tertiary/aromatic N) is 4. The number of aryl methyl sites for hydroxylation is 1. The molecule has 0 bridgehead atoms. The minimum Gasteiger partial charge on any atom is -0.309 e. The van der Waals surface area contributed by atoms with Crippen LogP contribution in [-0.4, -0.2) is 40.1 Å². The summed E-state index contributed by atoms with van der Waals surface area (Å²) in [6, 6.07) is 7.91. The fraction of sp³-hybridized carbons (Fsp3) is 0.316. The van der Waals surface area contributed by atoms with Crippen LogP contribution in [0.1, 0.15) is 17.2 Å². The normalized spacial score (nSPS) is 21.2. The molecule has 0 aliphatic carbocycles. The second-order valence-corrected chi connectivity index (χ2v) is 7.81. The highest BCUT2D eigenvalue weighted by molar-refractivity contribution is 8.14. The summed E-state index contributed by atoms with van der Waals surface area (Å²) >= 11 is 1.47. The van der Waals surface area contributed by atoms with E-state index in [1.165, 1.54) is 17.3 Å². The molecule has 0 spiro atoms. The Balaban J connectivity index is 1.77. The van der Waals surface area contributed by atoms with Gasteiger partial charge in [-0.25, -0.2) is 4.98 Å². The quantitative estimate of drug-likeness (QED) is 0.852. The van der Waals surface area contributed by atoms with E-state index in [-0.39, 0.29) is 11.5 Å². The van der Waals surface area contributed by atoms with Crippen molar-refractivity contribution in [2.75, 3.05) is 20.6 Å². The Labute approximate surface area is 151 Å². The minimum absolute atomic E-state index is 0.0143. The number of fused-ring (bicyclic) bond motifs is 3. The minimum atomic E-state index is -0.0143. The summed E-state index contributed by atoms with van der Waals surface area (Å²) in [5.74, 6) is 0.381. The van der Waals surface area contributed by atoms with Gasteiger partial charge in [-0.05, 0) is 33.2 Å². The molecule has 0 N–H and O–H groups in total. The van der Waals surface area contributed by atoms with Crippen LogP contribution < -0.4 is 5.56 Å². The summed E-state index contributed by atoms with van der Waals surface area (Å²) < 4.78 is 1.62. The highest BCUT2D eigenvalue weighted by Crippen LogP contribution is 2.45. The highest BCUT2D eigenvalue weighted by atomic mass is 32.2. The predicted molar refractivity (Wildman–Crippen MR) is 102 cm³/mol. The van der Waals surface area contributed by atoms with E-state index in [9.17, 15) is 4.79 Å². The van der Waals surface area contributed by atoms with Gasteiger partial charge in [0.1, 0.15) is 11.2 Å². The van der Waals surface area contributed by atoms with Crippen molar-refractivity contribution in [1.29, 1.82) is 0 Å². The average molecular weight is 352 g/mol. The van der Waals surface area contributed by atoms with Gasteiger partial charge >= 0.3 is 0 Å². The number of hydrogen-bond donors (Lipinski definition) is 0. The van der Waals surface area contributed by atoms with Crippen molar-refractivity contribution in [1.82, 2.24) is 14.5 Å². The van der Waals surface area contributed by atoms with Gasteiger partial charge in [-0.15, -0.1) is 0 Å². The molecule has 1 aromatic carbocycles. The summed E-state index contributed by atoms with van der Waals surface area (Å²) in [5, 5.41) is 0.982. The lowest BCUT2D eigenvalue weighted by molar-refractivity contribution is 0.347. The Morgan fingerprint density at radius 3 is 2.72 bits per heavy atom. The monoisotopic (exact) mass is 352 g/mol. The number of thioether (sulfide) groups is 1. The maximum Gasteiger partial charge on any atom is 0.272 e. The van der Waals surface area contributed by atoms with E-state index >= 15 is 0 Å². The van der Waals surface area contributed by atoms with E-state index in [0.717, 1.165) is 23.0 Å². The number of aliphatic imine (C=N–C) groups is 1. The molecule has 2 aromatic rings. The molecule has 2 unspecified atom stereocenters. The first-order chi connectivity index (χ1) is 12.0. The topological polar surface area (TPSA) is 50.5 Å². The van der Waals surface area contributed by atoms with Crippen LogP contribution in [0.3, 0.4) is 0 Å². The summed E-state index contributed by atoms with van der Waals surface area (Å²) in [6.07, 6.45) is 5.63. The zero-order valence-corrected chi connectivity index (χ0v) is 15.3. The molecule has 2 aliphatic heterocycles. The molecule has 0 saturated heterocycles. The van der Waals surface area contributed by atoms with Crippen LogP contribution in [0.15, 0.2) is 57.6 Å². The van der Waals surface area contributed by atoms with Gasteiger partial charge in [-0.1, -0.05) is 35.5 Å². The van der Waals surface area contributed by atoms with Gasteiger partial charge in [-0.3, -0.25) is 14.4 Å². The molecule has 128 valence electrons. The Morgan fingerprint density at radius 2 is 2.00 bits per heavy atom. The molecule has 0 saturated carbocycles. The van der Waals surface area contributed by atoms with E-state index in [1.54, 1.807) is 10.9 Å². The van der Waals surface area contributed by atoms with Gasteiger partial charge in [0.25, 0.3) is 5.56 Å². The molecule has 4 rings (SSSR count). The van der Waals surface area contributed by atoms with E-state index < -0.39 is 0 Å². The second-order valence-electron chi connectivity index (χ2n) is 6.78. The predicted octanol–water partition coefficient (Wildman–Crippen LogP) is 2.83. The molecule has 1 aromatic heterocycles. The smallest absolute Gasteiger partial charge is 0.272 e. The summed E-state index contributed by atoms with van der Waals surface area (Å²) in [6.45, 7) is 2.94. The third-order valence-electron chi connectivity index (χ3n) is 4.58. The third-order valence-corrected chi connectivity index (χ3v) is 5.73. The Hall–Kier alpha value is -2.18. The van der Waals surface area contributed by atoms with Crippen molar-refractivity contribution >= 4 is 16.8 Å². The molecule has 2 atom stereocenters. The molecule has 25 heavy (non-hydrogen) atoms. The van der Waals surface area contributed by atoms with E-state index in [0.29, 0.717) is 10.8 Å². The van der Waals surface area contributed by atoms with Crippen LogP contribution in [0.5, 0.6) is 0 Å². The van der Waals surface area contributed by atoms with E-state index in [4.69, 9.17) is 0 Å². The number of aromatic nitrogens is 2. The molecule has 6 heteroatoms. The van der Waals surface area contributed by atoms with Gasteiger partial charge in [0.05, 0.1) is 22.3 Å². The van der Waals surface area contributed by atoms with Crippen LogP contribution in [0.2, 0.25) is 0 Å². The van der Waals surface area contributed by atoms with Gasteiger partial charge in [0.15, 0.2) is 0 Å². The van der Waals surface area contributed by atoms with Crippen LogP contribution in [0.25, 0.3) is 5.69 Å². The molecule has 0 fully saturated rings. The van der Waals surface area contributed by atoms with Crippen molar-refractivity contribution in [3.63, 3.8) is 0 Å². The van der Waals surface area contributed by atoms with Crippen molar-refractivity contribution in [2.24, 2.45) is 10.9 Å². The number of rotatable bonds is 3. The Morgan fingerprint density at radius 1 is 1.24 bits per heavy atom. The molecule has 2 aliphatic rings. The van der Waals surface area contributed by atoms with Crippen LogP contribution in [0.4, 0.5) is 0 Å². The van der Waals surface area contributed by atoms with Gasteiger partial charge in [0, 0.05) is 18.7 Å². The van der Waals surface area contributed by atoms with Gasteiger partial charge < -0.3 is 4.90 Å². The lowest BCUT2D eigenvalue weighted by atomic mass is 9.88. The highest BCUT2D eigenvalue weighted by Gasteiger charge is 2.39. The molecular weight excluding hydrogens is 332 g/mol. The third kappa shape index (κ3) is 2.85. The zero-order chi connectivity index (χ0) is 17.6. The zero-order valence-electron chi connectivity index (χ0n) is 14.5. The van der Waals surface area contributed by atoms with Crippen LogP contribution in [0, 0.1) is 12.8 Å². The van der Waals surface area contributed by atoms with Gasteiger partial charge in [-0.2, -0.15) is 0 Å². The fourth-order valence-electron chi connectivity index (χ4n) is 3.36. The fourth-order valence-corrected chi connectivity index (χ4v) is 4.57. The summed E-state index contributed by atoms with van der Waals surface area (Å²) in [5.41, 5.74) is 2.86. The molecule has 0 amide bonds.